The number of carboxylic acid groups (broad SMARTS) is 1. The van der Waals surface area contributed by atoms with Crippen molar-refractivity contribution in [3.63, 3.8) is 0 Å². The lowest BCUT2D eigenvalue weighted by molar-refractivity contribution is -0.142. The van der Waals surface area contributed by atoms with Crippen LogP contribution in [-0.2, 0) is 25.4 Å². The molecule has 0 spiro atoms. The Morgan fingerprint density at radius 2 is 1.93 bits per heavy atom. The van der Waals surface area contributed by atoms with Crippen LogP contribution in [0.15, 0.2) is 15.9 Å². The summed E-state index contributed by atoms with van der Waals surface area (Å²) >= 11 is 0. The van der Waals surface area contributed by atoms with Crippen LogP contribution < -0.4 is 11.2 Å². The first-order valence-corrected chi connectivity index (χ1v) is 9.49. The van der Waals surface area contributed by atoms with Crippen LogP contribution in [0.3, 0.4) is 0 Å². The number of hydrogen-bond acceptors (Lipinski definition) is 5. The van der Waals surface area contributed by atoms with E-state index >= 15 is 0 Å². The average Bonchev–Trinajstić information content (AvgIpc) is 3.24. The van der Waals surface area contributed by atoms with Crippen molar-refractivity contribution >= 4 is 17.1 Å². The Kier molecular flexibility index (Phi) is 4.41. The highest BCUT2D eigenvalue weighted by Crippen LogP contribution is 2.39. The van der Waals surface area contributed by atoms with Gasteiger partial charge in [0.05, 0.1) is 6.33 Å². The molecule has 27 heavy (non-hydrogen) atoms. The second-order valence-corrected chi connectivity index (χ2v) is 7.76. The number of aliphatic carboxylic acids is 1. The Morgan fingerprint density at radius 1 is 1.19 bits per heavy atom. The van der Waals surface area contributed by atoms with Crippen LogP contribution in [0.5, 0.6) is 0 Å². The van der Waals surface area contributed by atoms with E-state index in [2.05, 4.69) is 9.88 Å². The zero-order chi connectivity index (χ0) is 19.3. The maximum atomic E-state index is 12.6. The minimum absolute atomic E-state index is 0.307. The fraction of sp³-hybridized carbons (Fsp3) is 0.667. The molecule has 0 radical (unpaired) electrons. The van der Waals surface area contributed by atoms with Crippen molar-refractivity contribution in [3.05, 3.63) is 27.2 Å². The molecule has 1 aliphatic heterocycles. The normalized spacial score (nSPS) is 25.8. The van der Waals surface area contributed by atoms with Gasteiger partial charge in [0.25, 0.3) is 5.56 Å². The molecule has 4 rings (SSSR count). The molecule has 2 aromatic rings. The van der Waals surface area contributed by atoms with Crippen LogP contribution in [0.4, 0.5) is 0 Å². The largest absolute Gasteiger partial charge is 0.480 e. The number of rotatable bonds is 4. The second kappa shape index (κ2) is 6.63. The molecule has 1 aliphatic carbocycles. The van der Waals surface area contributed by atoms with Crippen molar-refractivity contribution in [2.24, 2.45) is 20.0 Å². The minimum Gasteiger partial charge on any atom is -0.480 e. The van der Waals surface area contributed by atoms with Crippen molar-refractivity contribution in [1.29, 1.82) is 0 Å². The summed E-state index contributed by atoms with van der Waals surface area (Å²) in [5.41, 5.74) is -0.0497. The number of fused-ring (bicyclic) bond motifs is 2. The summed E-state index contributed by atoms with van der Waals surface area (Å²) in [6.45, 7) is 1.02. The average molecular weight is 375 g/mol. The third-order valence-corrected chi connectivity index (χ3v) is 6.32. The molecular formula is C18H25N5O4. The highest BCUT2D eigenvalue weighted by Gasteiger charge is 2.44. The monoisotopic (exact) mass is 375 g/mol. The van der Waals surface area contributed by atoms with E-state index in [9.17, 15) is 19.5 Å². The molecule has 2 aliphatic rings. The number of aromatic nitrogens is 4. The maximum Gasteiger partial charge on any atom is 0.332 e. The van der Waals surface area contributed by atoms with Gasteiger partial charge in [-0.25, -0.2) is 9.78 Å². The Balaban J connectivity index is 1.64. The first-order chi connectivity index (χ1) is 12.9. The van der Waals surface area contributed by atoms with E-state index in [1.54, 1.807) is 17.9 Å². The van der Waals surface area contributed by atoms with Gasteiger partial charge >= 0.3 is 11.7 Å². The summed E-state index contributed by atoms with van der Waals surface area (Å²) in [6, 6.07) is -0.151. The molecule has 3 atom stereocenters. The predicted molar refractivity (Wildman–Crippen MR) is 98.7 cm³/mol. The number of carbonyl (C=O) groups is 1. The molecule has 1 saturated heterocycles. The molecule has 9 heteroatoms. The van der Waals surface area contributed by atoms with E-state index in [4.69, 9.17) is 0 Å². The number of nitrogens with zero attached hydrogens (tertiary/aromatic N) is 5. The lowest BCUT2D eigenvalue weighted by Gasteiger charge is -2.33. The van der Waals surface area contributed by atoms with Crippen LogP contribution >= 0.6 is 0 Å². The Morgan fingerprint density at radius 3 is 2.67 bits per heavy atom. The summed E-state index contributed by atoms with van der Waals surface area (Å²) in [4.78, 5) is 42.7. The fourth-order valence-electron chi connectivity index (χ4n) is 4.91. The molecule has 9 nitrogen and oxygen atoms in total. The van der Waals surface area contributed by atoms with Crippen molar-refractivity contribution in [2.45, 2.75) is 50.7 Å². The lowest BCUT2D eigenvalue weighted by atomic mass is 9.85. The summed E-state index contributed by atoms with van der Waals surface area (Å²) in [7, 11) is 3.05. The van der Waals surface area contributed by atoms with E-state index in [0.29, 0.717) is 42.6 Å². The van der Waals surface area contributed by atoms with Crippen LogP contribution in [-0.4, -0.2) is 53.3 Å². The maximum absolute atomic E-state index is 12.6. The molecule has 2 aromatic heterocycles. The van der Waals surface area contributed by atoms with Gasteiger partial charge in [0.15, 0.2) is 11.2 Å². The third-order valence-electron chi connectivity index (χ3n) is 6.32. The second-order valence-electron chi connectivity index (χ2n) is 7.76. The lowest BCUT2D eigenvalue weighted by Crippen LogP contribution is -2.44. The SMILES string of the molecule is Cn1c(=O)c2c(ncn2CCN2C(C(=O)O)CC3CCCCC32)n(C)c1=O. The highest BCUT2D eigenvalue weighted by molar-refractivity contribution is 5.74. The molecule has 1 saturated carbocycles. The number of hydrogen-bond donors (Lipinski definition) is 1. The Hall–Kier alpha value is -2.42. The van der Waals surface area contributed by atoms with Crippen molar-refractivity contribution in [3.8, 4) is 0 Å². The third kappa shape index (κ3) is 2.80. The standard InChI is InChI=1S/C18H25N5O4/c1-20-15-14(16(24)21(2)18(20)27)22(10-19-15)7-8-23-12-6-4-3-5-11(12)9-13(23)17(25)26/h10-13H,3-9H2,1-2H3,(H,25,26). The van der Waals surface area contributed by atoms with E-state index in [1.165, 1.54) is 18.0 Å². The summed E-state index contributed by atoms with van der Waals surface area (Å²) < 4.78 is 4.18. The van der Waals surface area contributed by atoms with Crippen molar-refractivity contribution in [2.75, 3.05) is 6.54 Å². The summed E-state index contributed by atoms with van der Waals surface area (Å²) in [5, 5.41) is 9.65. The van der Waals surface area contributed by atoms with Crippen molar-refractivity contribution < 1.29 is 9.90 Å². The van der Waals surface area contributed by atoms with Crippen molar-refractivity contribution in [1.82, 2.24) is 23.6 Å². The Bertz CT molecular complexity index is 1000. The summed E-state index contributed by atoms with van der Waals surface area (Å²) in [5.74, 6) is -0.314. The highest BCUT2D eigenvalue weighted by atomic mass is 16.4. The van der Waals surface area contributed by atoms with E-state index < -0.39 is 17.7 Å². The molecule has 146 valence electrons. The van der Waals surface area contributed by atoms with E-state index in [-0.39, 0.29) is 5.56 Å². The first-order valence-electron chi connectivity index (χ1n) is 9.49. The van der Waals surface area contributed by atoms with Gasteiger partial charge in [-0.15, -0.1) is 0 Å². The van der Waals surface area contributed by atoms with Gasteiger partial charge in [-0.2, -0.15) is 0 Å². The number of likely N-dealkylation sites (tertiary alicyclic amines) is 1. The van der Waals surface area contributed by atoms with Gasteiger partial charge in [-0.1, -0.05) is 12.8 Å². The molecule has 2 fully saturated rings. The minimum atomic E-state index is -0.766. The topological polar surface area (TPSA) is 102 Å². The van der Waals surface area contributed by atoms with Crippen LogP contribution in [0.25, 0.3) is 11.2 Å². The van der Waals surface area contributed by atoms with Gasteiger partial charge in [0.1, 0.15) is 6.04 Å². The molecule has 1 N–H and O–H groups in total. The number of carboxylic acids is 1. The number of imidazole rings is 1. The van der Waals surface area contributed by atoms with Gasteiger partial charge in [0, 0.05) is 33.2 Å². The fourth-order valence-corrected chi connectivity index (χ4v) is 4.91. The zero-order valence-electron chi connectivity index (χ0n) is 15.7. The molecular weight excluding hydrogens is 350 g/mol. The predicted octanol–water partition coefficient (Wildman–Crippen LogP) is 0.151. The molecule has 0 aromatic carbocycles. The zero-order valence-corrected chi connectivity index (χ0v) is 15.7. The van der Waals surface area contributed by atoms with Gasteiger partial charge in [0.2, 0.25) is 0 Å². The van der Waals surface area contributed by atoms with Gasteiger partial charge < -0.3 is 9.67 Å². The van der Waals surface area contributed by atoms with E-state index in [0.717, 1.165) is 23.8 Å². The van der Waals surface area contributed by atoms with Gasteiger partial charge in [-0.3, -0.25) is 23.6 Å². The van der Waals surface area contributed by atoms with Crippen LogP contribution in [0, 0.1) is 5.92 Å². The summed E-state index contributed by atoms with van der Waals surface area (Å²) in [6.07, 6.45) is 6.73. The smallest absolute Gasteiger partial charge is 0.332 e. The van der Waals surface area contributed by atoms with E-state index in [1.807, 2.05) is 0 Å². The quantitative estimate of drug-likeness (QED) is 0.816. The first kappa shape index (κ1) is 18.0. The molecule has 3 heterocycles. The molecule has 3 unspecified atom stereocenters. The van der Waals surface area contributed by atoms with Crippen LogP contribution in [0.2, 0.25) is 0 Å². The molecule has 0 amide bonds. The molecule has 0 bridgehead atoms. The van der Waals surface area contributed by atoms with Gasteiger partial charge in [-0.05, 0) is 25.2 Å². The Labute approximate surface area is 155 Å². The van der Waals surface area contributed by atoms with Crippen LogP contribution in [0.1, 0.15) is 32.1 Å². The number of aryl methyl sites for hydroxylation is 1.